The van der Waals surface area contributed by atoms with Crippen molar-refractivity contribution in [1.82, 2.24) is 4.57 Å². The maximum absolute atomic E-state index is 6.64. The first-order chi connectivity index (χ1) is 26.3. The monoisotopic (exact) mass is 676 g/mol. The van der Waals surface area contributed by atoms with Gasteiger partial charge in [-0.05, 0) is 93.3 Å². The van der Waals surface area contributed by atoms with Crippen molar-refractivity contribution < 1.29 is 4.42 Å². The molecular weight excluding hydrogens is 645 g/mol. The Kier molecular flexibility index (Phi) is 6.55. The summed E-state index contributed by atoms with van der Waals surface area (Å²) in [5.74, 6) is 0. The van der Waals surface area contributed by atoms with Crippen LogP contribution in [0, 0.1) is 0 Å². The fraction of sp³-hybridized carbons (Fsp3) is 0. The molecule has 0 saturated heterocycles. The largest absolute Gasteiger partial charge is 0.456 e. The Bertz CT molecular complexity index is 3170. The zero-order valence-electron chi connectivity index (χ0n) is 28.8. The van der Waals surface area contributed by atoms with Crippen molar-refractivity contribution in [3.63, 3.8) is 0 Å². The molecule has 0 radical (unpaired) electrons. The number of anilines is 3. The predicted molar refractivity (Wildman–Crippen MR) is 223 cm³/mol. The van der Waals surface area contributed by atoms with Gasteiger partial charge in [-0.3, -0.25) is 0 Å². The van der Waals surface area contributed by atoms with E-state index in [1.54, 1.807) is 0 Å². The normalized spacial score (nSPS) is 11.8. The molecule has 0 N–H and O–H groups in total. The topological polar surface area (TPSA) is 21.3 Å². The molecule has 0 spiro atoms. The smallest absolute Gasteiger partial charge is 0.137 e. The van der Waals surface area contributed by atoms with Gasteiger partial charge in [-0.1, -0.05) is 127 Å². The van der Waals surface area contributed by atoms with E-state index in [0.29, 0.717) is 0 Å². The third-order valence-electron chi connectivity index (χ3n) is 10.7. The van der Waals surface area contributed by atoms with E-state index in [4.69, 9.17) is 4.42 Å². The number of rotatable bonds is 5. The lowest BCUT2D eigenvalue weighted by molar-refractivity contribution is 0.669. The molecule has 0 bridgehead atoms. The van der Waals surface area contributed by atoms with E-state index in [0.717, 1.165) is 50.2 Å². The summed E-state index contributed by atoms with van der Waals surface area (Å²) in [7, 11) is 0. The van der Waals surface area contributed by atoms with Gasteiger partial charge >= 0.3 is 0 Å². The van der Waals surface area contributed by atoms with Crippen molar-refractivity contribution in [1.29, 1.82) is 0 Å². The number of benzene rings is 9. The molecule has 2 aromatic heterocycles. The molecule has 248 valence electrons. The molecule has 0 fully saturated rings. The predicted octanol–water partition coefficient (Wildman–Crippen LogP) is 14.1. The van der Waals surface area contributed by atoms with Crippen LogP contribution in [0.2, 0.25) is 0 Å². The number of aromatic nitrogens is 1. The molecule has 0 aliphatic rings. The molecule has 0 aliphatic heterocycles. The maximum Gasteiger partial charge on any atom is 0.137 e. The van der Waals surface area contributed by atoms with Crippen LogP contribution in [-0.4, -0.2) is 4.57 Å². The second kappa shape index (κ2) is 11.7. The molecule has 0 atom stereocenters. The number of hydrogen-bond acceptors (Lipinski definition) is 2. The molecule has 11 rings (SSSR count). The molecular formula is C50H32N2O. The first-order valence-electron chi connectivity index (χ1n) is 18.1. The van der Waals surface area contributed by atoms with Crippen LogP contribution in [0.3, 0.4) is 0 Å². The number of hydrogen-bond donors (Lipinski definition) is 0. The van der Waals surface area contributed by atoms with Gasteiger partial charge in [-0.15, -0.1) is 0 Å². The average Bonchev–Trinajstić information content (AvgIpc) is 3.77. The van der Waals surface area contributed by atoms with Crippen LogP contribution in [0.15, 0.2) is 199 Å². The second-order valence-electron chi connectivity index (χ2n) is 13.7. The number of furan rings is 1. The van der Waals surface area contributed by atoms with Gasteiger partial charge < -0.3 is 13.9 Å². The summed E-state index contributed by atoms with van der Waals surface area (Å²) in [6, 6.07) is 69.8. The van der Waals surface area contributed by atoms with E-state index in [-0.39, 0.29) is 0 Å². The minimum Gasteiger partial charge on any atom is -0.456 e. The molecule has 3 heteroatoms. The zero-order chi connectivity index (χ0) is 34.9. The Morgan fingerprint density at radius 1 is 0.377 bits per heavy atom. The Labute approximate surface area is 306 Å². The molecule has 0 unspecified atom stereocenters. The van der Waals surface area contributed by atoms with Crippen molar-refractivity contribution >= 4 is 82.4 Å². The van der Waals surface area contributed by atoms with Crippen LogP contribution in [-0.2, 0) is 0 Å². The fourth-order valence-electron chi connectivity index (χ4n) is 8.35. The van der Waals surface area contributed by atoms with Crippen LogP contribution < -0.4 is 4.90 Å². The Balaban J connectivity index is 1.20. The van der Waals surface area contributed by atoms with Gasteiger partial charge in [0.25, 0.3) is 0 Å². The Hall–Kier alpha value is -7.10. The number of fused-ring (bicyclic) bond motifs is 9. The van der Waals surface area contributed by atoms with E-state index >= 15 is 0 Å². The van der Waals surface area contributed by atoms with E-state index in [1.165, 1.54) is 49.0 Å². The van der Waals surface area contributed by atoms with Crippen molar-refractivity contribution in [2.75, 3.05) is 4.90 Å². The third-order valence-corrected chi connectivity index (χ3v) is 10.7. The van der Waals surface area contributed by atoms with Crippen LogP contribution >= 0.6 is 0 Å². The van der Waals surface area contributed by atoms with E-state index in [1.807, 2.05) is 0 Å². The second-order valence-corrected chi connectivity index (χ2v) is 13.7. The van der Waals surface area contributed by atoms with Gasteiger partial charge in [0.05, 0.1) is 11.0 Å². The molecule has 9 aromatic carbocycles. The number of para-hydroxylation sites is 2. The maximum atomic E-state index is 6.64. The van der Waals surface area contributed by atoms with Crippen molar-refractivity contribution in [3.8, 4) is 16.8 Å². The first kappa shape index (κ1) is 29.6. The Morgan fingerprint density at radius 3 is 1.85 bits per heavy atom. The highest BCUT2D eigenvalue weighted by Crippen LogP contribution is 2.44. The summed E-state index contributed by atoms with van der Waals surface area (Å²) < 4.78 is 9.03. The standard InChI is InChI=1S/C50H32N2O/c1-3-13-33(14-4-1)45-30-39(29-35-16-8-9-19-40(35)45)51(38-25-27-44-49(32-38)53-48-28-23-34-15-7-10-20-41(34)50(44)48)37-24-26-43-42-21-11-12-22-46(42)52(47(43)31-37)36-17-5-2-6-18-36/h1-32H. The summed E-state index contributed by atoms with van der Waals surface area (Å²) in [4.78, 5) is 2.38. The number of nitrogens with zero attached hydrogens (tertiary/aromatic N) is 2. The summed E-state index contributed by atoms with van der Waals surface area (Å²) in [5.41, 5.74) is 10.8. The first-order valence-corrected chi connectivity index (χ1v) is 18.1. The highest BCUT2D eigenvalue weighted by Gasteiger charge is 2.21. The molecule has 0 amide bonds. The van der Waals surface area contributed by atoms with E-state index < -0.39 is 0 Å². The summed E-state index contributed by atoms with van der Waals surface area (Å²) in [6.07, 6.45) is 0. The van der Waals surface area contributed by atoms with Gasteiger partial charge in [0, 0.05) is 50.4 Å². The zero-order valence-corrected chi connectivity index (χ0v) is 28.8. The van der Waals surface area contributed by atoms with Crippen LogP contribution in [0.25, 0.3) is 82.1 Å². The van der Waals surface area contributed by atoms with Gasteiger partial charge in [0.15, 0.2) is 0 Å². The lowest BCUT2D eigenvalue weighted by Crippen LogP contribution is -2.10. The molecule has 0 aliphatic carbocycles. The SMILES string of the molecule is c1ccc(-c2cc(N(c3ccc4c(c3)oc3ccc5ccccc5c34)c3ccc4c5ccccc5n(-c5ccccc5)c4c3)cc3ccccc23)cc1. The van der Waals surface area contributed by atoms with E-state index in [9.17, 15) is 0 Å². The van der Waals surface area contributed by atoms with Gasteiger partial charge in [-0.25, -0.2) is 0 Å². The third kappa shape index (κ3) is 4.68. The summed E-state index contributed by atoms with van der Waals surface area (Å²) in [5, 5.41) is 9.54. The molecule has 3 nitrogen and oxygen atoms in total. The van der Waals surface area contributed by atoms with Gasteiger partial charge in [-0.2, -0.15) is 0 Å². The molecule has 11 aromatic rings. The highest BCUT2D eigenvalue weighted by atomic mass is 16.3. The molecule has 2 heterocycles. The minimum absolute atomic E-state index is 0.863. The van der Waals surface area contributed by atoms with Crippen LogP contribution in [0.1, 0.15) is 0 Å². The summed E-state index contributed by atoms with van der Waals surface area (Å²) >= 11 is 0. The van der Waals surface area contributed by atoms with Crippen molar-refractivity contribution in [2.24, 2.45) is 0 Å². The van der Waals surface area contributed by atoms with Crippen molar-refractivity contribution in [2.45, 2.75) is 0 Å². The quantitative estimate of drug-likeness (QED) is 0.181. The fourth-order valence-corrected chi connectivity index (χ4v) is 8.35. The molecule has 0 saturated carbocycles. The van der Waals surface area contributed by atoms with Crippen LogP contribution in [0.5, 0.6) is 0 Å². The summed E-state index contributed by atoms with van der Waals surface area (Å²) in [6.45, 7) is 0. The minimum atomic E-state index is 0.863. The van der Waals surface area contributed by atoms with Gasteiger partial charge in [0.1, 0.15) is 11.2 Å². The average molecular weight is 677 g/mol. The highest BCUT2D eigenvalue weighted by molar-refractivity contribution is 6.19. The van der Waals surface area contributed by atoms with E-state index in [2.05, 4.69) is 204 Å². The molecule has 53 heavy (non-hydrogen) atoms. The lowest BCUT2D eigenvalue weighted by Gasteiger charge is -2.27. The van der Waals surface area contributed by atoms with Crippen molar-refractivity contribution in [3.05, 3.63) is 194 Å². The van der Waals surface area contributed by atoms with Crippen LogP contribution in [0.4, 0.5) is 17.1 Å². The lowest BCUT2D eigenvalue weighted by atomic mass is 9.96. The Morgan fingerprint density at radius 2 is 1.02 bits per heavy atom. The van der Waals surface area contributed by atoms with Gasteiger partial charge in [0.2, 0.25) is 0 Å².